The lowest BCUT2D eigenvalue weighted by atomic mass is 10.2. The number of aromatic amines is 1. The van der Waals surface area contributed by atoms with Gasteiger partial charge >= 0.3 is 0 Å². The number of hydrogen-bond donors (Lipinski definition) is 1. The molecule has 2 aromatic rings. The molecule has 0 spiro atoms. The molecule has 2 aromatic heterocycles. The Hall–Kier alpha value is -1.50. The van der Waals surface area contributed by atoms with Gasteiger partial charge in [0.25, 0.3) is 0 Å². The van der Waals surface area contributed by atoms with Crippen molar-refractivity contribution in [1.82, 2.24) is 9.97 Å². The maximum atomic E-state index is 11.9. The number of aromatic nitrogens is 2. The van der Waals surface area contributed by atoms with E-state index in [2.05, 4.69) is 9.97 Å². The average Bonchev–Trinajstić information content (AvgIpc) is 2.40. The van der Waals surface area contributed by atoms with Crippen molar-refractivity contribution in [2.75, 3.05) is 6.61 Å². The van der Waals surface area contributed by atoms with Crippen molar-refractivity contribution in [2.24, 2.45) is 0 Å². The summed E-state index contributed by atoms with van der Waals surface area (Å²) >= 11 is 6.56. The van der Waals surface area contributed by atoms with Crippen LogP contribution in [0.4, 0.5) is 0 Å². The second-order valence-electron chi connectivity index (χ2n) is 3.47. The van der Waals surface area contributed by atoms with Crippen LogP contribution in [0.1, 0.15) is 6.92 Å². The van der Waals surface area contributed by atoms with Crippen molar-refractivity contribution >= 4 is 23.9 Å². The normalized spacial score (nSPS) is 10.4. The van der Waals surface area contributed by atoms with Gasteiger partial charge in [0.15, 0.2) is 11.2 Å². The van der Waals surface area contributed by atoms with E-state index in [1.165, 1.54) is 12.3 Å². The average molecular weight is 299 g/mol. The van der Waals surface area contributed by atoms with Crippen molar-refractivity contribution < 1.29 is 8.37 Å². The van der Waals surface area contributed by atoms with Gasteiger partial charge in [-0.05, 0) is 19.1 Å². The summed E-state index contributed by atoms with van der Waals surface area (Å²) in [4.78, 5) is 18.8. The molecule has 0 radical (unpaired) electrons. The van der Waals surface area contributed by atoms with Crippen molar-refractivity contribution in [3.05, 3.63) is 46.0 Å². The van der Waals surface area contributed by atoms with Crippen molar-refractivity contribution in [3.63, 3.8) is 0 Å². The van der Waals surface area contributed by atoms with E-state index in [-0.39, 0.29) is 10.6 Å². The van der Waals surface area contributed by atoms with E-state index >= 15 is 0 Å². The molecule has 100 valence electrons. The van der Waals surface area contributed by atoms with E-state index < -0.39 is 0 Å². The number of nitrogens with zero attached hydrogens (tertiary/aromatic N) is 1. The number of nitrogens with one attached hydrogen (secondary N) is 1. The first-order valence-corrected chi connectivity index (χ1v) is 6.56. The van der Waals surface area contributed by atoms with Gasteiger partial charge in [-0.3, -0.25) is 14.0 Å². The van der Waals surface area contributed by atoms with Crippen LogP contribution in [0.3, 0.4) is 0 Å². The van der Waals surface area contributed by atoms with Gasteiger partial charge in [0, 0.05) is 18.5 Å². The molecule has 0 unspecified atom stereocenters. The first-order valence-electron chi connectivity index (χ1n) is 5.52. The lowest BCUT2D eigenvalue weighted by molar-refractivity contribution is 0.369. The Morgan fingerprint density at radius 1 is 1.53 bits per heavy atom. The largest absolute Gasteiger partial charge is 0.398 e. The predicted octanol–water partition coefficient (Wildman–Crippen LogP) is 3.07. The van der Waals surface area contributed by atoms with E-state index in [4.69, 9.17) is 20.0 Å². The number of H-pyrrole nitrogens is 1. The number of hydrogen-bond acceptors (Lipinski definition) is 5. The zero-order chi connectivity index (χ0) is 13.7. The second kappa shape index (κ2) is 6.60. The van der Waals surface area contributed by atoms with Crippen LogP contribution in [0.25, 0.3) is 11.3 Å². The third kappa shape index (κ3) is 3.50. The molecule has 0 aromatic carbocycles. The van der Waals surface area contributed by atoms with Gasteiger partial charge in [0.2, 0.25) is 12.3 Å². The fourth-order valence-electron chi connectivity index (χ4n) is 1.40. The SMILES string of the molecule is CCOSOc1cccnc1-c1c[nH]c(Cl)cc1=O. The van der Waals surface area contributed by atoms with E-state index in [1.807, 2.05) is 6.92 Å². The first-order chi connectivity index (χ1) is 9.22. The quantitative estimate of drug-likeness (QED) is 0.522. The smallest absolute Gasteiger partial charge is 0.225 e. The van der Waals surface area contributed by atoms with Crippen molar-refractivity contribution in [3.8, 4) is 17.0 Å². The summed E-state index contributed by atoms with van der Waals surface area (Å²) in [5.41, 5.74) is 0.596. The minimum atomic E-state index is -0.228. The molecule has 0 atom stereocenters. The van der Waals surface area contributed by atoms with E-state index in [1.54, 1.807) is 18.3 Å². The molecule has 0 bridgehead atoms. The van der Waals surface area contributed by atoms with Gasteiger partial charge in [-0.2, -0.15) is 0 Å². The Labute approximate surface area is 119 Å². The minimum absolute atomic E-state index is 0.228. The molecule has 0 amide bonds. The molecule has 0 saturated heterocycles. The van der Waals surface area contributed by atoms with Crippen molar-refractivity contribution in [2.45, 2.75) is 6.92 Å². The van der Waals surface area contributed by atoms with Crippen LogP contribution >= 0.6 is 23.9 Å². The fraction of sp³-hybridized carbons (Fsp3) is 0.167. The highest BCUT2D eigenvalue weighted by atomic mass is 35.5. The molecule has 7 heteroatoms. The van der Waals surface area contributed by atoms with Crippen LogP contribution in [0.5, 0.6) is 5.75 Å². The summed E-state index contributed by atoms with van der Waals surface area (Å²) in [7, 11) is 0. The first kappa shape index (κ1) is 13.9. The summed E-state index contributed by atoms with van der Waals surface area (Å²) in [5, 5.41) is 0.274. The van der Waals surface area contributed by atoms with E-state index in [0.717, 1.165) is 12.3 Å². The minimum Gasteiger partial charge on any atom is -0.398 e. The Balaban J connectivity index is 2.36. The van der Waals surface area contributed by atoms with Crippen LogP contribution in [0, 0.1) is 0 Å². The molecule has 1 N–H and O–H groups in total. The lowest BCUT2D eigenvalue weighted by Gasteiger charge is -2.07. The third-order valence-corrected chi connectivity index (χ3v) is 2.99. The second-order valence-corrected chi connectivity index (χ2v) is 4.41. The molecular weight excluding hydrogens is 288 g/mol. The monoisotopic (exact) mass is 298 g/mol. The van der Waals surface area contributed by atoms with Gasteiger partial charge < -0.3 is 9.17 Å². The summed E-state index contributed by atoms with van der Waals surface area (Å²) in [6.45, 7) is 2.37. The highest BCUT2D eigenvalue weighted by molar-refractivity contribution is 7.90. The van der Waals surface area contributed by atoms with Crippen molar-refractivity contribution in [1.29, 1.82) is 0 Å². The van der Waals surface area contributed by atoms with Gasteiger partial charge in [0.05, 0.1) is 12.2 Å². The Kier molecular flexibility index (Phi) is 4.84. The summed E-state index contributed by atoms with van der Waals surface area (Å²) in [6.07, 6.45) is 3.09. The number of rotatable bonds is 5. The summed E-state index contributed by atoms with van der Waals surface area (Å²) < 4.78 is 10.4. The molecule has 0 fully saturated rings. The number of pyridine rings is 2. The van der Waals surface area contributed by atoms with Crippen LogP contribution in [0.2, 0.25) is 5.15 Å². The predicted molar refractivity (Wildman–Crippen MR) is 75.1 cm³/mol. The zero-order valence-corrected chi connectivity index (χ0v) is 11.6. The Bertz CT molecular complexity index is 618. The van der Waals surface area contributed by atoms with E-state index in [9.17, 15) is 4.79 Å². The maximum absolute atomic E-state index is 11.9. The third-order valence-electron chi connectivity index (χ3n) is 2.19. The molecule has 0 aliphatic heterocycles. The molecular formula is C12H11ClN2O3S. The van der Waals surface area contributed by atoms with Crippen LogP contribution in [-0.2, 0) is 4.18 Å². The fourth-order valence-corrected chi connectivity index (χ4v) is 1.91. The molecule has 19 heavy (non-hydrogen) atoms. The van der Waals surface area contributed by atoms with Gasteiger partial charge in [-0.15, -0.1) is 0 Å². The molecule has 2 heterocycles. The highest BCUT2D eigenvalue weighted by Gasteiger charge is 2.12. The van der Waals surface area contributed by atoms with Crippen LogP contribution in [0.15, 0.2) is 35.4 Å². The van der Waals surface area contributed by atoms with Gasteiger partial charge in [-0.1, -0.05) is 11.6 Å². The van der Waals surface area contributed by atoms with Crippen LogP contribution in [-0.4, -0.2) is 16.6 Å². The maximum Gasteiger partial charge on any atom is 0.225 e. The van der Waals surface area contributed by atoms with Crippen LogP contribution < -0.4 is 9.61 Å². The molecule has 2 rings (SSSR count). The van der Waals surface area contributed by atoms with Gasteiger partial charge in [-0.25, -0.2) is 0 Å². The Morgan fingerprint density at radius 2 is 2.37 bits per heavy atom. The molecule has 0 aliphatic carbocycles. The summed E-state index contributed by atoms with van der Waals surface area (Å²) in [5.74, 6) is 0.453. The summed E-state index contributed by atoms with van der Waals surface area (Å²) in [6, 6.07) is 4.73. The standard InChI is InChI=1S/C12H11ClN2O3S/c1-2-17-19-18-10-4-3-5-14-12(10)8-7-15-11(13)6-9(8)16/h3-7H,2H2,1H3,(H,15,16). The molecule has 0 saturated carbocycles. The zero-order valence-electron chi connectivity index (χ0n) is 10.1. The topological polar surface area (TPSA) is 64.2 Å². The van der Waals surface area contributed by atoms with E-state index in [0.29, 0.717) is 23.6 Å². The molecule has 5 nitrogen and oxygen atoms in total. The molecule has 0 aliphatic rings. The lowest BCUT2D eigenvalue weighted by Crippen LogP contribution is -2.05. The number of halogens is 1. The van der Waals surface area contributed by atoms with Gasteiger partial charge in [0.1, 0.15) is 10.8 Å². The Morgan fingerprint density at radius 3 is 3.11 bits per heavy atom. The highest BCUT2D eigenvalue weighted by Crippen LogP contribution is 2.27.